The summed E-state index contributed by atoms with van der Waals surface area (Å²) in [6.45, 7) is 2.69. The van der Waals surface area contributed by atoms with Gasteiger partial charge in [-0.3, -0.25) is 14.9 Å². The summed E-state index contributed by atoms with van der Waals surface area (Å²) in [5.74, 6) is -0.593. The molecule has 0 aliphatic rings. The molecule has 2 aromatic carbocycles. The third kappa shape index (κ3) is 3.62. The normalized spacial score (nSPS) is 11.1. The maximum absolute atomic E-state index is 12.6. The molecule has 2 rings (SSSR count). The van der Waals surface area contributed by atoms with Crippen LogP contribution < -0.4 is 4.18 Å². The topological polar surface area (TPSA) is 104 Å². The Hall–Kier alpha value is -2.26. The van der Waals surface area contributed by atoms with Gasteiger partial charge < -0.3 is 4.18 Å². The Labute approximate surface area is 146 Å². The number of hydrogen-bond acceptors (Lipinski definition) is 6. The average molecular weight is 414 g/mol. The lowest BCUT2D eigenvalue weighted by Crippen LogP contribution is -2.15. The first-order valence-corrected chi connectivity index (χ1v) is 8.82. The third-order valence-electron chi connectivity index (χ3n) is 3.16. The van der Waals surface area contributed by atoms with Crippen LogP contribution >= 0.6 is 15.9 Å². The lowest BCUT2D eigenvalue weighted by molar-refractivity contribution is -0.388. The molecule has 0 unspecified atom stereocenters. The standard InChI is InChI=1S/C15H12BrNO6S/c1-9-4-3-5-13(17(19)20)15(9)24(21,22)23-14-7-6-11(16)8-12(14)10(2)18/h3-8H,1-2H3. The largest absolute Gasteiger partial charge is 0.378 e. The van der Waals surface area contributed by atoms with Gasteiger partial charge in [0.05, 0.1) is 10.5 Å². The van der Waals surface area contributed by atoms with Gasteiger partial charge in [-0.1, -0.05) is 28.1 Å². The van der Waals surface area contributed by atoms with Crippen molar-refractivity contribution in [1.29, 1.82) is 0 Å². The molecule has 0 N–H and O–H groups in total. The molecule has 2 aromatic rings. The fraction of sp³-hybridized carbons (Fsp3) is 0.133. The number of nitro groups is 1. The molecule has 0 heterocycles. The molecule has 126 valence electrons. The van der Waals surface area contributed by atoms with Crippen LogP contribution in [0.1, 0.15) is 22.8 Å². The quantitative estimate of drug-likeness (QED) is 0.320. The van der Waals surface area contributed by atoms with Crippen molar-refractivity contribution in [3.8, 4) is 5.75 Å². The van der Waals surface area contributed by atoms with Gasteiger partial charge in [0.15, 0.2) is 16.4 Å². The molecule has 0 saturated heterocycles. The van der Waals surface area contributed by atoms with E-state index in [9.17, 15) is 23.3 Å². The van der Waals surface area contributed by atoms with E-state index in [0.29, 0.717) is 4.47 Å². The lowest BCUT2D eigenvalue weighted by Gasteiger charge is -2.12. The summed E-state index contributed by atoms with van der Waals surface area (Å²) >= 11 is 3.18. The monoisotopic (exact) mass is 413 g/mol. The summed E-state index contributed by atoms with van der Waals surface area (Å²) in [4.78, 5) is 21.5. The molecule has 0 radical (unpaired) electrons. The number of aryl methyl sites for hydroxylation is 1. The van der Waals surface area contributed by atoms with Crippen molar-refractivity contribution >= 4 is 37.5 Å². The van der Waals surface area contributed by atoms with Crippen molar-refractivity contribution in [1.82, 2.24) is 0 Å². The molecule has 0 fully saturated rings. The molecule has 0 aromatic heterocycles. The molecular weight excluding hydrogens is 402 g/mol. The second-order valence-electron chi connectivity index (χ2n) is 4.91. The maximum atomic E-state index is 12.6. The highest BCUT2D eigenvalue weighted by Crippen LogP contribution is 2.32. The van der Waals surface area contributed by atoms with Gasteiger partial charge in [0.25, 0.3) is 5.69 Å². The van der Waals surface area contributed by atoms with Gasteiger partial charge in [-0.25, -0.2) is 0 Å². The Balaban J connectivity index is 2.60. The van der Waals surface area contributed by atoms with Crippen molar-refractivity contribution in [2.24, 2.45) is 0 Å². The number of Topliss-reactive ketones (excluding diaryl/α,β-unsaturated/α-hetero) is 1. The Bertz CT molecular complexity index is 939. The van der Waals surface area contributed by atoms with Gasteiger partial charge in [-0.05, 0) is 37.6 Å². The maximum Gasteiger partial charge on any atom is 0.346 e. The Kier molecular flexibility index (Phi) is 5.05. The Morgan fingerprint density at radius 2 is 1.92 bits per heavy atom. The van der Waals surface area contributed by atoms with Gasteiger partial charge >= 0.3 is 10.1 Å². The van der Waals surface area contributed by atoms with Crippen molar-refractivity contribution in [3.63, 3.8) is 0 Å². The second-order valence-corrected chi connectivity index (χ2v) is 7.31. The Morgan fingerprint density at radius 3 is 2.50 bits per heavy atom. The van der Waals surface area contributed by atoms with Gasteiger partial charge in [0.2, 0.25) is 0 Å². The van der Waals surface area contributed by atoms with Crippen LogP contribution in [0.2, 0.25) is 0 Å². The molecule has 0 saturated carbocycles. The average Bonchev–Trinajstić information content (AvgIpc) is 2.48. The summed E-state index contributed by atoms with van der Waals surface area (Å²) < 4.78 is 30.7. The highest BCUT2D eigenvalue weighted by molar-refractivity contribution is 9.10. The zero-order valence-electron chi connectivity index (χ0n) is 12.6. The highest BCUT2D eigenvalue weighted by atomic mass is 79.9. The number of hydrogen-bond donors (Lipinski definition) is 0. The predicted octanol–water partition coefficient (Wildman–Crippen LogP) is 3.64. The van der Waals surface area contributed by atoms with Crippen molar-refractivity contribution in [2.45, 2.75) is 18.7 Å². The van der Waals surface area contributed by atoms with E-state index in [1.54, 1.807) is 0 Å². The SMILES string of the molecule is CC(=O)c1cc(Br)ccc1OS(=O)(=O)c1c(C)cccc1[N+](=O)[O-]. The van der Waals surface area contributed by atoms with E-state index in [4.69, 9.17) is 4.18 Å². The van der Waals surface area contributed by atoms with Crippen LogP contribution in [0, 0.1) is 17.0 Å². The molecule has 0 amide bonds. The minimum atomic E-state index is -4.50. The molecule has 0 aliphatic carbocycles. The van der Waals surface area contributed by atoms with E-state index < -0.39 is 31.4 Å². The summed E-state index contributed by atoms with van der Waals surface area (Å²) in [5.41, 5.74) is -0.369. The molecule has 9 heteroatoms. The van der Waals surface area contributed by atoms with Crippen LogP contribution in [0.15, 0.2) is 45.8 Å². The number of carbonyl (C=O) groups excluding carboxylic acids is 1. The smallest absolute Gasteiger partial charge is 0.346 e. The van der Waals surface area contributed by atoms with Crippen LogP contribution in [0.4, 0.5) is 5.69 Å². The van der Waals surface area contributed by atoms with Gasteiger partial charge in [0.1, 0.15) is 0 Å². The number of carbonyl (C=O) groups is 1. The minimum Gasteiger partial charge on any atom is -0.378 e. The first-order chi connectivity index (χ1) is 11.1. The van der Waals surface area contributed by atoms with E-state index in [1.165, 1.54) is 44.2 Å². The van der Waals surface area contributed by atoms with Crippen molar-refractivity contribution in [2.75, 3.05) is 0 Å². The van der Waals surface area contributed by atoms with Crippen molar-refractivity contribution < 1.29 is 22.3 Å². The number of nitro benzene ring substituents is 1. The minimum absolute atomic E-state index is 0.0455. The molecule has 0 atom stereocenters. The molecular formula is C15H12BrNO6S. The number of ketones is 1. The zero-order chi connectivity index (χ0) is 18.1. The fourth-order valence-corrected chi connectivity index (χ4v) is 3.80. The van der Waals surface area contributed by atoms with E-state index in [2.05, 4.69) is 15.9 Å². The zero-order valence-corrected chi connectivity index (χ0v) is 15.0. The van der Waals surface area contributed by atoms with Gasteiger partial charge in [-0.2, -0.15) is 8.42 Å². The van der Waals surface area contributed by atoms with Crippen LogP contribution in [-0.4, -0.2) is 19.1 Å². The van der Waals surface area contributed by atoms with E-state index >= 15 is 0 Å². The highest BCUT2D eigenvalue weighted by Gasteiger charge is 2.30. The van der Waals surface area contributed by atoms with E-state index in [-0.39, 0.29) is 16.9 Å². The molecule has 24 heavy (non-hydrogen) atoms. The van der Waals surface area contributed by atoms with Crippen LogP contribution in [0.3, 0.4) is 0 Å². The number of benzene rings is 2. The second kappa shape index (κ2) is 6.70. The van der Waals surface area contributed by atoms with Crippen LogP contribution in [0.5, 0.6) is 5.75 Å². The van der Waals surface area contributed by atoms with Gasteiger partial charge in [-0.15, -0.1) is 0 Å². The van der Waals surface area contributed by atoms with Crippen molar-refractivity contribution in [3.05, 3.63) is 62.1 Å². The van der Waals surface area contributed by atoms with Gasteiger partial charge in [0, 0.05) is 10.5 Å². The summed E-state index contributed by atoms with van der Waals surface area (Å²) in [5, 5.41) is 11.1. The van der Waals surface area contributed by atoms with Crippen LogP contribution in [-0.2, 0) is 10.1 Å². The summed E-state index contributed by atoms with van der Waals surface area (Å²) in [7, 11) is -4.50. The Morgan fingerprint density at radius 1 is 1.25 bits per heavy atom. The molecule has 7 nitrogen and oxygen atoms in total. The first kappa shape index (κ1) is 18.1. The molecule has 0 spiro atoms. The fourth-order valence-electron chi connectivity index (χ4n) is 2.12. The summed E-state index contributed by atoms with van der Waals surface area (Å²) in [6.07, 6.45) is 0. The molecule has 0 bridgehead atoms. The van der Waals surface area contributed by atoms with E-state index in [1.807, 2.05) is 0 Å². The van der Waals surface area contributed by atoms with Crippen LogP contribution in [0.25, 0.3) is 0 Å². The number of nitrogens with zero attached hydrogens (tertiary/aromatic N) is 1. The number of halogens is 1. The lowest BCUT2D eigenvalue weighted by atomic mass is 10.1. The summed E-state index contributed by atoms with van der Waals surface area (Å²) in [6, 6.07) is 8.12. The molecule has 0 aliphatic heterocycles. The van der Waals surface area contributed by atoms with E-state index in [0.717, 1.165) is 6.07 Å². The number of rotatable bonds is 5. The third-order valence-corrected chi connectivity index (χ3v) is 5.08. The predicted molar refractivity (Wildman–Crippen MR) is 89.8 cm³/mol. The first-order valence-electron chi connectivity index (χ1n) is 6.62.